The van der Waals surface area contributed by atoms with Gasteiger partial charge in [0, 0.05) is 18.0 Å². The molecule has 0 saturated heterocycles. The van der Waals surface area contributed by atoms with Gasteiger partial charge in [-0.1, -0.05) is 23.7 Å². The second-order valence-corrected chi connectivity index (χ2v) is 6.95. The highest BCUT2D eigenvalue weighted by atomic mass is 35.5. The smallest absolute Gasteiger partial charge is 0.244 e. The van der Waals surface area contributed by atoms with Crippen molar-refractivity contribution in [3.63, 3.8) is 0 Å². The Kier molecular flexibility index (Phi) is 8.80. The van der Waals surface area contributed by atoms with E-state index in [0.29, 0.717) is 42.5 Å². The normalized spacial score (nSPS) is 10.3. The fourth-order valence-electron chi connectivity index (χ4n) is 2.83. The lowest BCUT2D eigenvalue weighted by atomic mass is 10.2. The third kappa shape index (κ3) is 6.98. The molecule has 0 bridgehead atoms. The van der Waals surface area contributed by atoms with Gasteiger partial charge in [0.25, 0.3) is 0 Å². The first-order valence-electron chi connectivity index (χ1n) is 9.54. The monoisotopic (exact) mass is 418 g/mol. The van der Waals surface area contributed by atoms with Gasteiger partial charge in [-0.2, -0.15) is 0 Å². The van der Waals surface area contributed by atoms with Crippen molar-refractivity contribution in [1.82, 2.24) is 4.90 Å². The van der Waals surface area contributed by atoms with E-state index in [2.05, 4.69) is 5.32 Å². The summed E-state index contributed by atoms with van der Waals surface area (Å²) < 4.78 is 10.9. The molecule has 0 heterocycles. The van der Waals surface area contributed by atoms with E-state index in [1.54, 1.807) is 25.3 Å². The van der Waals surface area contributed by atoms with Crippen LogP contribution >= 0.6 is 11.6 Å². The van der Waals surface area contributed by atoms with E-state index < -0.39 is 0 Å². The zero-order chi connectivity index (χ0) is 21.2. The third-order valence-electron chi connectivity index (χ3n) is 4.38. The molecule has 2 aromatic rings. The van der Waals surface area contributed by atoms with Gasteiger partial charge in [0.1, 0.15) is 11.5 Å². The third-order valence-corrected chi connectivity index (χ3v) is 4.61. The highest BCUT2D eigenvalue weighted by molar-refractivity contribution is 6.30. The molecule has 2 aromatic carbocycles. The van der Waals surface area contributed by atoms with Crippen LogP contribution in [0.15, 0.2) is 42.5 Å². The van der Waals surface area contributed by atoms with Gasteiger partial charge in [0.05, 0.1) is 25.9 Å². The predicted octanol–water partition coefficient (Wildman–Crippen LogP) is 4.30. The fraction of sp³-hybridized carbons (Fsp3) is 0.364. The van der Waals surface area contributed by atoms with Crippen LogP contribution in [0.2, 0.25) is 5.02 Å². The molecule has 0 aromatic heterocycles. The number of nitrogens with one attached hydrogen (secondary N) is 1. The van der Waals surface area contributed by atoms with Crippen LogP contribution in [0.3, 0.4) is 0 Å². The van der Waals surface area contributed by atoms with Gasteiger partial charge < -0.3 is 19.7 Å². The largest absolute Gasteiger partial charge is 0.495 e. The topological polar surface area (TPSA) is 67.9 Å². The number of carbonyl (C=O) groups is 2. The highest BCUT2D eigenvalue weighted by Gasteiger charge is 2.16. The van der Waals surface area contributed by atoms with Gasteiger partial charge >= 0.3 is 0 Å². The maximum absolute atomic E-state index is 12.5. The molecule has 29 heavy (non-hydrogen) atoms. The van der Waals surface area contributed by atoms with Gasteiger partial charge in [0.15, 0.2) is 0 Å². The summed E-state index contributed by atoms with van der Waals surface area (Å²) in [5, 5.41) is 3.45. The van der Waals surface area contributed by atoms with Crippen molar-refractivity contribution in [3.05, 3.63) is 53.1 Å². The van der Waals surface area contributed by atoms with Crippen molar-refractivity contribution in [2.75, 3.05) is 32.1 Å². The minimum absolute atomic E-state index is 0.00939. The molecule has 0 unspecified atom stereocenters. The Bertz CT molecular complexity index is 841. The lowest BCUT2D eigenvalue weighted by molar-refractivity contribution is -0.134. The number of anilines is 1. The van der Waals surface area contributed by atoms with E-state index in [9.17, 15) is 9.59 Å². The number of nitrogens with zero attached hydrogens (tertiary/aromatic N) is 1. The number of hydrogen-bond acceptors (Lipinski definition) is 4. The van der Waals surface area contributed by atoms with Crippen LogP contribution in [0, 0.1) is 6.92 Å². The Morgan fingerprint density at radius 1 is 1.14 bits per heavy atom. The molecule has 156 valence electrons. The number of amides is 2. The maximum atomic E-state index is 12.5. The zero-order valence-corrected chi connectivity index (χ0v) is 17.8. The van der Waals surface area contributed by atoms with Crippen molar-refractivity contribution < 1.29 is 19.1 Å². The van der Waals surface area contributed by atoms with Crippen LogP contribution < -0.4 is 14.8 Å². The van der Waals surface area contributed by atoms with E-state index >= 15 is 0 Å². The van der Waals surface area contributed by atoms with E-state index in [1.807, 2.05) is 38.1 Å². The summed E-state index contributed by atoms with van der Waals surface area (Å²) in [6.07, 6.45) is 0.869. The van der Waals surface area contributed by atoms with Gasteiger partial charge in [-0.25, -0.2) is 0 Å². The first kappa shape index (κ1) is 22.6. The number of rotatable bonds is 10. The molecule has 0 aliphatic carbocycles. The molecular weight excluding hydrogens is 392 g/mol. The van der Waals surface area contributed by atoms with Crippen molar-refractivity contribution >= 4 is 29.1 Å². The number of para-hydroxylation sites is 2. The number of benzene rings is 2. The molecule has 0 aliphatic rings. The van der Waals surface area contributed by atoms with Crippen LogP contribution in [0.5, 0.6) is 11.5 Å². The van der Waals surface area contributed by atoms with Crippen LogP contribution in [0.4, 0.5) is 5.69 Å². The van der Waals surface area contributed by atoms with Crippen LogP contribution in [-0.4, -0.2) is 43.5 Å². The van der Waals surface area contributed by atoms with E-state index in [4.69, 9.17) is 21.1 Å². The average molecular weight is 419 g/mol. The van der Waals surface area contributed by atoms with Crippen molar-refractivity contribution in [2.24, 2.45) is 0 Å². The van der Waals surface area contributed by atoms with Crippen molar-refractivity contribution in [2.45, 2.75) is 26.7 Å². The predicted molar refractivity (Wildman–Crippen MR) is 115 cm³/mol. The molecule has 0 atom stereocenters. The quantitative estimate of drug-likeness (QED) is 0.584. The molecule has 6 nitrogen and oxygen atoms in total. The lowest BCUT2D eigenvalue weighted by Gasteiger charge is -2.21. The number of methoxy groups -OCH3 is 1. The number of aryl methyl sites for hydroxylation is 1. The summed E-state index contributed by atoms with van der Waals surface area (Å²) in [5.74, 6) is 0.979. The lowest BCUT2D eigenvalue weighted by Crippen LogP contribution is -2.37. The summed E-state index contributed by atoms with van der Waals surface area (Å²) in [6.45, 7) is 4.63. The number of likely N-dealkylation sites (N-methyl/N-ethyl adjacent to an activating group) is 1. The molecule has 0 saturated carbocycles. The summed E-state index contributed by atoms with van der Waals surface area (Å²) in [7, 11) is 1.54. The molecule has 2 amide bonds. The maximum Gasteiger partial charge on any atom is 0.244 e. The Morgan fingerprint density at radius 2 is 1.90 bits per heavy atom. The molecule has 0 fully saturated rings. The number of carbonyl (C=O) groups excluding carboxylic acids is 2. The molecular formula is C22H27ClN2O4. The Balaban J connectivity index is 1.79. The Hall–Kier alpha value is -2.73. The second kappa shape index (κ2) is 11.3. The first-order chi connectivity index (χ1) is 13.9. The zero-order valence-electron chi connectivity index (χ0n) is 17.0. The molecule has 0 radical (unpaired) electrons. The number of ether oxygens (including phenoxy) is 2. The van der Waals surface area contributed by atoms with Crippen molar-refractivity contribution in [3.8, 4) is 11.5 Å². The average Bonchev–Trinajstić information content (AvgIpc) is 2.70. The Morgan fingerprint density at radius 3 is 2.59 bits per heavy atom. The van der Waals surface area contributed by atoms with E-state index in [1.165, 1.54) is 4.90 Å². The molecule has 2 rings (SSSR count). The van der Waals surface area contributed by atoms with E-state index in [0.717, 1.165) is 11.3 Å². The summed E-state index contributed by atoms with van der Waals surface area (Å²) in [5.41, 5.74) is 1.53. The van der Waals surface area contributed by atoms with Crippen LogP contribution in [0.1, 0.15) is 25.3 Å². The summed E-state index contributed by atoms with van der Waals surface area (Å²) in [6, 6.07) is 12.6. The van der Waals surface area contributed by atoms with Crippen LogP contribution in [0.25, 0.3) is 0 Å². The second-order valence-electron chi connectivity index (χ2n) is 6.52. The van der Waals surface area contributed by atoms with Crippen molar-refractivity contribution in [1.29, 1.82) is 0 Å². The SMILES string of the molecule is CCN(CC(=O)Nc1ccccc1OC)C(=O)CCCOc1ccc(Cl)cc1C. The highest BCUT2D eigenvalue weighted by Crippen LogP contribution is 2.23. The molecule has 7 heteroatoms. The van der Waals surface area contributed by atoms with E-state index in [-0.39, 0.29) is 18.4 Å². The van der Waals surface area contributed by atoms with Gasteiger partial charge in [-0.3, -0.25) is 9.59 Å². The summed E-state index contributed by atoms with van der Waals surface area (Å²) in [4.78, 5) is 26.3. The number of halogens is 1. The minimum atomic E-state index is -0.266. The van der Waals surface area contributed by atoms with Gasteiger partial charge in [-0.15, -0.1) is 0 Å². The standard InChI is InChI=1S/C22H27ClN2O4/c1-4-25(15-21(26)24-18-8-5-6-9-20(18)28-3)22(27)10-7-13-29-19-12-11-17(23)14-16(19)2/h5-6,8-9,11-12,14H,4,7,10,13,15H2,1-3H3,(H,24,26). The molecule has 0 aliphatic heterocycles. The van der Waals surface area contributed by atoms with Crippen LogP contribution in [-0.2, 0) is 9.59 Å². The minimum Gasteiger partial charge on any atom is -0.495 e. The number of hydrogen-bond donors (Lipinski definition) is 1. The van der Waals surface area contributed by atoms with Gasteiger partial charge in [-0.05, 0) is 56.2 Å². The fourth-order valence-corrected chi connectivity index (χ4v) is 3.05. The van der Waals surface area contributed by atoms with Gasteiger partial charge in [0.2, 0.25) is 11.8 Å². The first-order valence-corrected chi connectivity index (χ1v) is 9.92. The molecule has 1 N–H and O–H groups in total. The summed E-state index contributed by atoms with van der Waals surface area (Å²) >= 11 is 5.93. The Labute approximate surface area is 176 Å². The molecule has 0 spiro atoms.